The minimum absolute atomic E-state index is 0.267. The van der Waals surface area contributed by atoms with Gasteiger partial charge in [0.2, 0.25) is 0 Å². The fourth-order valence-electron chi connectivity index (χ4n) is 3.00. The molecule has 1 aromatic carbocycles. The number of nitrogens with zero attached hydrogens (tertiary/aromatic N) is 2. The summed E-state index contributed by atoms with van der Waals surface area (Å²) in [5, 5.41) is 5.73. The Hall–Kier alpha value is -2.64. The first-order chi connectivity index (χ1) is 15.1. The first-order valence-electron chi connectivity index (χ1n) is 10.1. The van der Waals surface area contributed by atoms with E-state index in [0.29, 0.717) is 17.4 Å². The van der Waals surface area contributed by atoms with Crippen LogP contribution in [0.15, 0.2) is 65.7 Å². The van der Waals surface area contributed by atoms with Crippen molar-refractivity contribution in [3.8, 4) is 17.0 Å². The number of anilines is 2. The third-order valence-corrected chi connectivity index (χ3v) is 6.34. The van der Waals surface area contributed by atoms with Crippen LogP contribution in [0.4, 0.5) is 15.2 Å². The molecule has 1 N–H and O–H groups in total. The number of ether oxygens (including phenoxy) is 1. The monoisotopic (exact) mass is 455 g/mol. The van der Waals surface area contributed by atoms with Crippen molar-refractivity contribution in [2.75, 3.05) is 11.9 Å². The van der Waals surface area contributed by atoms with Gasteiger partial charge in [0.1, 0.15) is 0 Å². The summed E-state index contributed by atoms with van der Waals surface area (Å²) in [6.07, 6.45) is 8.46. The molecule has 0 saturated heterocycles. The fraction of sp³-hybridized carbons (Fsp3) is 0.250. The molecule has 0 aliphatic rings. The summed E-state index contributed by atoms with van der Waals surface area (Å²) in [4.78, 5) is 11.1. The lowest BCUT2D eigenvalue weighted by Gasteiger charge is -2.09. The normalized spacial score (nSPS) is 11.4. The molecular formula is C24H26FN3OS2. The van der Waals surface area contributed by atoms with E-state index in [4.69, 9.17) is 4.74 Å². The second kappa shape index (κ2) is 11.7. The first kappa shape index (κ1) is 23.0. The molecule has 0 atom stereocenters. The van der Waals surface area contributed by atoms with Gasteiger partial charge in [-0.3, -0.25) is 4.98 Å². The van der Waals surface area contributed by atoms with Gasteiger partial charge < -0.3 is 10.1 Å². The molecule has 0 radical (unpaired) electrons. The average Bonchev–Trinajstić information content (AvgIpc) is 3.14. The Labute approximate surface area is 191 Å². The van der Waals surface area contributed by atoms with Gasteiger partial charge in [-0.2, -0.15) is 0 Å². The van der Waals surface area contributed by atoms with E-state index in [0.717, 1.165) is 35.4 Å². The molecule has 0 unspecified atom stereocenters. The van der Waals surface area contributed by atoms with Gasteiger partial charge in [-0.15, -0.1) is 23.1 Å². The van der Waals surface area contributed by atoms with Crippen molar-refractivity contribution in [2.45, 2.75) is 33.1 Å². The highest BCUT2D eigenvalue weighted by molar-refractivity contribution is 8.05. The van der Waals surface area contributed by atoms with E-state index in [9.17, 15) is 4.39 Å². The van der Waals surface area contributed by atoms with Crippen molar-refractivity contribution in [3.63, 3.8) is 0 Å². The molecule has 2 heterocycles. The molecule has 0 aliphatic heterocycles. The van der Waals surface area contributed by atoms with Crippen LogP contribution in [-0.4, -0.2) is 16.6 Å². The maximum absolute atomic E-state index is 14.5. The lowest BCUT2D eigenvalue weighted by molar-refractivity contribution is 0.292. The Bertz CT molecular complexity index is 1030. The molecule has 7 heteroatoms. The summed E-state index contributed by atoms with van der Waals surface area (Å²) < 4.78 is 20.1. The number of hydrogen-bond acceptors (Lipinski definition) is 6. The number of hydrogen-bond donors (Lipinski definition) is 1. The van der Waals surface area contributed by atoms with Crippen LogP contribution in [0.25, 0.3) is 11.3 Å². The highest BCUT2D eigenvalue weighted by Gasteiger charge is 2.11. The fourth-order valence-corrected chi connectivity index (χ4v) is 4.47. The Balaban J connectivity index is 1.53. The Morgan fingerprint density at radius 3 is 2.90 bits per heavy atom. The molecule has 3 rings (SSSR count). The van der Waals surface area contributed by atoms with Crippen molar-refractivity contribution < 1.29 is 9.13 Å². The van der Waals surface area contributed by atoms with Crippen molar-refractivity contribution >= 4 is 33.9 Å². The summed E-state index contributed by atoms with van der Waals surface area (Å²) in [6, 6.07) is 8.76. The molecule has 162 valence electrons. The summed E-state index contributed by atoms with van der Waals surface area (Å²) in [6.45, 7) is 8.27. The Morgan fingerprint density at radius 1 is 1.32 bits per heavy atom. The number of thioether (sulfide) groups is 1. The van der Waals surface area contributed by atoms with Gasteiger partial charge in [-0.1, -0.05) is 12.7 Å². The lowest BCUT2D eigenvalue weighted by atomic mass is 10.2. The van der Waals surface area contributed by atoms with Gasteiger partial charge in [-0.05, 0) is 67.7 Å². The predicted molar refractivity (Wildman–Crippen MR) is 131 cm³/mol. The van der Waals surface area contributed by atoms with Gasteiger partial charge in [0.05, 0.1) is 12.3 Å². The van der Waals surface area contributed by atoms with E-state index in [-0.39, 0.29) is 11.6 Å². The number of aromatic nitrogens is 2. The predicted octanol–water partition coefficient (Wildman–Crippen LogP) is 7.73. The number of benzene rings is 1. The van der Waals surface area contributed by atoms with Crippen molar-refractivity contribution in [2.24, 2.45) is 0 Å². The zero-order chi connectivity index (χ0) is 22.1. The molecule has 0 amide bonds. The third-order valence-electron chi connectivity index (χ3n) is 4.55. The molecule has 31 heavy (non-hydrogen) atoms. The van der Waals surface area contributed by atoms with Crippen LogP contribution in [-0.2, 0) is 0 Å². The zero-order valence-electron chi connectivity index (χ0n) is 17.7. The maximum Gasteiger partial charge on any atom is 0.187 e. The van der Waals surface area contributed by atoms with Gasteiger partial charge in [0, 0.05) is 34.6 Å². The minimum Gasteiger partial charge on any atom is -0.491 e. The molecule has 3 aromatic rings. The molecule has 0 fully saturated rings. The van der Waals surface area contributed by atoms with Crippen molar-refractivity contribution in [1.29, 1.82) is 0 Å². The third kappa shape index (κ3) is 6.67. The average molecular weight is 456 g/mol. The SMILES string of the molecule is C=CS/C(=C\C)CCCCOc1ccc(Nc2nc(-c3cccnc3)c(C)s2)cc1F. The topological polar surface area (TPSA) is 47.0 Å². The van der Waals surface area contributed by atoms with Gasteiger partial charge in [0.15, 0.2) is 16.7 Å². The van der Waals surface area contributed by atoms with Crippen molar-refractivity contribution in [1.82, 2.24) is 9.97 Å². The van der Waals surface area contributed by atoms with Gasteiger partial charge in [-0.25, -0.2) is 9.37 Å². The van der Waals surface area contributed by atoms with Crippen LogP contribution < -0.4 is 10.1 Å². The lowest BCUT2D eigenvalue weighted by Crippen LogP contribution is -2.00. The van der Waals surface area contributed by atoms with E-state index in [2.05, 4.69) is 27.9 Å². The van der Waals surface area contributed by atoms with Crippen LogP contribution in [0.5, 0.6) is 5.75 Å². The highest BCUT2D eigenvalue weighted by atomic mass is 32.2. The number of allylic oxidation sites excluding steroid dienone is 2. The molecule has 2 aromatic heterocycles. The molecule has 0 aliphatic carbocycles. The van der Waals surface area contributed by atoms with E-state index >= 15 is 0 Å². The second-order valence-corrected chi connectivity index (χ2v) is 9.08. The number of rotatable bonds is 11. The number of nitrogens with one attached hydrogen (secondary N) is 1. The standard InChI is InChI=1S/C24H26FN3OS2/c1-4-20(30-5-2)10-6-7-14-29-22-12-11-19(15-21(22)25)27-24-28-23(17(3)31-24)18-9-8-13-26-16-18/h4-5,8-9,11-13,15-16H,2,6-7,10,14H2,1,3H3,(H,27,28)/b20-4-. The smallest absolute Gasteiger partial charge is 0.187 e. The number of halogens is 1. The number of aryl methyl sites for hydroxylation is 1. The highest BCUT2D eigenvalue weighted by Crippen LogP contribution is 2.32. The van der Waals surface area contributed by atoms with Crippen LogP contribution in [0.1, 0.15) is 31.1 Å². The van der Waals surface area contributed by atoms with E-state index in [1.54, 1.807) is 36.3 Å². The van der Waals surface area contributed by atoms with Crippen LogP contribution >= 0.6 is 23.1 Å². The molecular weight excluding hydrogens is 429 g/mol. The Morgan fingerprint density at radius 2 is 2.19 bits per heavy atom. The number of pyridine rings is 1. The Kier molecular flexibility index (Phi) is 8.67. The van der Waals surface area contributed by atoms with E-state index in [1.165, 1.54) is 22.3 Å². The maximum atomic E-state index is 14.5. The molecule has 0 bridgehead atoms. The van der Waals surface area contributed by atoms with E-state index < -0.39 is 0 Å². The van der Waals surface area contributed by atoms with E-state index in [1.807, 2.05) is 31.4 Å². The zero-order valence-corrected chi connectivity index (χ0v) is 19.4. The molecule has 4 nitrogen and oxygen atoms in total. The summed E-state index contributed by atoms with van der Waals surface area (Å²) in [5.41, 5.74) is 2.48. The summed E-state index contributed by atoms with van der Waals surface area (Å²) >= 11 is 3.17. The van der Waals surface area contributed by atoms with Crippen molar-refractivity contribution in [3.05, 3.63) is 76.4 Å². The van der Waals surface area contributed by atoms with Crippen LogP contribution in [0.3, 0.4) is 0 Å². The minimum atomic E-state index is -0.387. The van der Waals surface area contributed by atoms with Crippen LogP contribution in [0.2, 0.25) is 0 Å². The number of thiazole rings is 1. The number of unbranched alkanes of at least 4 members (excludes halogenated alkanes) is 1. The largest absolute Gasteiger partial charge is 0.491 e. The quantitative estimate of drug-likeness (QED) is 0.300. The summed E-state index contributed by atoms with van der Waals surface area (Å²) in [7, 11) is 0. The second-order valence-electron chi connectivity index (χ2n) is 6.78. The molecule has 0 spiro atoms. The van der Waals surface area contributed by atoms with Crippen LogP contribution in [0, 0.1) is 12.7 Å². The summed E-state index contributed by atoms with van der Waals surface area (Å²) in [5.74, 6) is -0.120. The van der Waals surface area contributed by atoms with Gasteiger partial charge >= 0.3 is 0 Å². The molecule has 0 saturated carbocycles. The first-order valence-corrected chi connectivity index (χ1v) is 11.8. The van der Waals surface area contributed by atoms with Gasteiger partial charge in [0.25, 0.3) is 0 Å².